The zero-order valence-electron chi connectivity index (χ0n) is 21.3. The lowest BCUT2D eigenvalue weighted by Crippen LogP contribution is -2.51. The molecule has 40 heavy (non-hydrogen) atoms. The number of nitriles is 1. The molecule has 2 atom stereocenters. The highest BCUT2D eigenvalue weighted by atomic mass is 35.5. The van der Waals surface area contributed by atoms with Crippen molar-refractivity contribution >= 4 is 44.9 Å². The van der Waals surface area contributed by atoms with Crippen molar-refractivity contribution < 1.29 is 18.0 Å². The van der Waals surface area contributed by atoms with E-state index in [-0.39, 0.29) is 28.8 Å². The smallest absolute Gasteiger partial charge is 0.244 e. The highest BCUT2D eigenvalue weighted by molar-refractivity contribution is 7.92. The van der Waals surface area contributed by atoms with Gasteiger partial charge >= 0.3 is 0 Å². The summed E-state index contributed by atoms with van der Waals surface area (Å²) in [6, 6.07) is 12.7. The van der Waals surface area contributed by atoms with E-state index in [0.717, 1.165) is 5.56 Å². The number of hydrogen-bond acceptors (Lipinski definition) is 6. The van der Waals surface area contributed by atoms with E-state index in [4.69, 9.17) is 23.2 Å². The zero-order chi connectivity index (χ0) is 28.3. The van der Waals surface area contributed by atoms with Gasteiger partial charge in [0.1, 0.15) is 11.6 Å². The van der Waals surface area contributed by atoms with Crippen LogP contribution in [0, 0.1) is 11.3 Å². The van der Waals surface area contributed by atoms with Gasteiger partial charge in [0.2, 0.25) is 11.8 Å². The number of hydrogen-bond donors (Lipinski definition) is 1. The van der Waals surface area contributed by atoms with Crippen LogP contribution in [0.5, 0.6) is 0 Å². The van der Waals surface area contributed by atoms with Gasteiger partial charge < -0.3 is 14.8 Å². The molecule has 1 aliphatic heterocycles. The van der Waals surface area contributed by atoms with Crippen molar-refractivity contribution in [2.24, 2.45) is 0 Å². The van der Waals surface area contributed by atoms with Crippen LogP contribution < -0.4 is 5.32 Å². The highest BCUT2D eigenvalue weighted by Gasteiger charge is 2.58. The molecule has 9 nitrogen and oxygen atoms in total. The number of aromatic nitrogens is 2. The molecule has 0 radical (unpaired) electrons. The number of amides is 2. The summed E-state index contributed by atoms with van der Waals surface area (Å²) >= 11 is 12.5. The number of carbonyl (C=O) groups excluding carboxylic acids is 2. The van der Waals surface area contributed by atoms with Crippen molar-refractivity contribution in [3.63, 3.8) is 0 Å². The molecule has 2 amide bonds. The van der Waals surface area contributed by atoms with Crippen LogP contribution in [0.15, 0.2) is 66.1 Å². The first-order chi connectivity index (χ1) is 19.1. The molecule has 2 aromatic carbocycles. The van der Waals surface area contributed by atoms with Crippen LogP contribution in [0.3, 0.4) is 0 Å². The summed E-state index contributed by atoms with van der Waals surface area (Å²) in [7, 11) is -4.03. The van der Waals surface area contributed by atoms with Crippen LogP contribution in [0.1, 0.15) is 37.7 Å². The lowest BCUT2D eigenvalue weighted by Gasteiger charge is -2.29. The molecule has 206 valence electrons. The minimum Gasteiger partial charge on any atom is -0.336 e. The van der Waals surface area contributed by atoms with Gasteiger partial charge in [-0.05, 0) is 68.0 Å². The van der Waals surface area contributed by atoms with Crippen LogP contribution in [-0.2, 0) is 24.8 Å². The van der Waals surface area contributed by atoms with Crippen molar-refractivity contribution in [1.29, 1.82) is 5.26 Å². The number of carbonyl (C=O) groups is 2. The van der Waals surface area contributed by atoms with E-state index in [2.05, 4.69) is 16.4 Å². The van der Waals surface area contributed by atoms with Gasteiger partial charge in [0.05, 0.1) is 33.0 Å². The molecule has 6 rings (SSSR count). The number of nitrogens with zero attached hydrogens (tertiary/aromatic N) is 4. The van der Waals surface area contributed by atoms with E-state index in [0.29, 0.717) is 36.4 Å². The fourth-order valence-electron chi connectivity index (χ4n) is 5.47. The Hall–Kier alpha value is -3.39. The predicted octanol–water partition coefficient (Wildman–Crippen LogP) is 3.83. The van der Waals surface area contributed by atoms with Gasteiger partial charge in [0.25, 0.3) is 0 Å². The van der Waals surface area contributed by atoms with Gasteiger partial charge in [-0.15, -0.1) is 0 Å². The zero-order valence-corrected chi connectivity index (χ0v) is 23.6. The van der Waals surface area contributed by atoms with Gasteiger partial charge in [0.15, 0.2) is 9.84 Å². The summed E-state index contributed by atoms with van der Waals surface area (Å²) in [5, 5.41) is 11.8. The summed E-state index contributed by atoms with van der Waals surface area (Å²) in [5.74, 6) is -0.811. The Kier molecular flexibility index (Phi) is 6.44. The largest absolute Gasteiger partial charge is 0.336 e. The molecule has 2 aliphatic carbocycles. The highest BCUT2D eigenvalue weighted by Crippen LogP contribution is 2.51. The molecule has 3 aromatic rings. The predicted molar refractivity (Wildman–Crippen MR) is 148 cm³/mol. The number of nitrogens with one attached hydrogen (secondary N) is 1. The third-order valence-corrected chi connectivity index (χ3v) is 11.0. The van der Waals surface area contributed by atoms with E-state index < -0.39 is 38.0 Å². The molecule has 0 unspecified atom stereocenters. The van der Waals surface area contributed by atoms with E-state index in [9.17, 15) is 23.3 Å². The van der Waals surface area contributed by atoms with Crippen molar-refractivity contribution in [3.8, 4) is 11.8 Å². The molecular weight excluding hydrogens is 573 g/mol. The van der Waals surface area contributed by atoms with Gasteiger partial charge in [-0.25, -0.2) is 13.4 Å². The Morgan fingerprint density at radius 2 is 1.80 bits per heavy atom. The number of imidazole rings is 1. The van der Waals surface area contributed by atoms with Crippen molar-refractivity contribution in [1.82, 2.24) is 19.8 Å². The molecule has 1 aromatic heterocycles. The second-order valence-electron chi connectivity index (χ2n) is 10.7. The standard InChI is InChI=1S/C28H25Cl2N5O4S/c29-19-3-1-18(2-4-19)28(9-10-28)26(37)35-15-21(14-23(35)25(36)33-27(16-31)7-8-27)40(38,39)24-6-5-20(13-22(24)30)34-12-11-32-17-34/h1-6,11-13,17,21,23H,7-10,14-15H2,(H,33,36)/t21-,23+/m1/s1. The summed E-state index contributed by atoms with van der Waals surface area (Å²) in [6.07, 6.45) is 6.99. The number of rotatable bonds is 7. The fraction of sp³-hybridized carbons (Fsp3) is 0.357. The van der Waals surface area contributed by atoms with Crippen LogP contribution >= 0.6 is 23.2 Å². The average Bonchev–Trinajstić information content (AvgIpc) is 3.78. The topological polar surface area (TPSA) is 125 Å². The summed E-state index contributed by atoms with van der Waals surface area (Å²) in [4.78, 5) is 32.8. The first-order valence-corrected chi connectivity index (χ1v) is 15.2. The molecular formula is C28H25Cl2N5O4S. The third kappa shape index (κ3) is 4.56. The first-order valence-electron chi connectivity index (χ1n) is 12.9. The normalized spacial score (nSPS) is 22.4. The van der Waals surface area contributed by atoms with E-state index in [1.54, 1.807) is 59.7 Å². The Labute approximate surface area is 241 Å². The van der Waals surface area contributed by atoms with Gasteiger partial charge in [-0.1, -0.05) is 35.3 Å². The van der Waals surface area contributed by atoms with E-state index >= 15 is 0 Å². The quantitative estimate of drug-likeness (QED) is 0.441. The Bertz CT molecular complexity index is 1640. The average molecular weight is 599 g/mol. The lowest BCUT2D eigenvalue weighted by molar-refractivity contribution is -0.140. The summed E-state index contributed by atoms with van der Waals surface area (Å²) in [6.45, 7) is -0.159. The third-order valence-electron chi connectivity index (χ3n) is 8.17. The molecule has 1 saturated heterocycles. The van der Waals surface area contributed by atoms with Crippen LogP contribution in [-0.4, -0.2) is 58.1 Å². The van der Waals surface area contributed by atoms with Gasteiger partial charge in [-0.2, -0.15) is 5.26 Å². The minimum absolute atomic E-state index is 0.0400. The number of halogens is 2. The second kappa shape index (κ2) is 9.61. The lowest BCUT2D eigenvalue weighted by atomic mass is 9.94. The van der Waals surface area contributed by atoms with Crippen molar-refractivity contribution in [2.75, 3.05) is 6.54 Å². The molecule has 1 N–H and O–H groups in total. The van der Waals surface area contributed by atoms with E-state index in [1.807, 2.05) is 0 Å². The second-order valence-corrected chi connectivity index (χ2v) is 13.8. The summed E-state index contributed by atoms with van der Waals surface area (Å²) < 4.78 is 29.5. The van der Waals surface area contributed by atoms with Crippen molar-refractivity contribution in [3.05, 3.63) is 76.8 Å². The molecule has 2 saturated carbocycles. The Morgan fingerprint density at radius 1 is 1.07 bits per heavy atom. The van der Waals surface area contributed by atoms with Gasteiger partial charge in [-0.3, -0.25) is 9.59 Å². The van der Waals surface area contributed by atoms with Crippen LogP contribution in [0.2, 0.25) is 10.0 Å². The van der Waals surface area contributed by atoms with Gasteiger partial charge in [0, 0.05) is 29.6 Å². The monoisotopic (exact) mass is 597 g/mol. The summed E-state index contributed by atoms with van der Waals surface area (Å²) in [5.41, 5.74) is -0.367. The van der Waals surface area contributed by atoms with Crippen LogP contribution in [0.25, 0.3) is 5.69 Å². The maximum atomic E-state index is 14.1. The number of benzene rings is 2. The van der Waals surface area contributed by atoms with E-state index in [1.165, 1.54) is 11.0 Å². The first kappa shape index (κ1) is 26.8. The maximum absolute atomic E-state index is 14.1. The molecule has 0 spiro atoms. The SMILES string of the molecule is N#CC1(NC(=O)[C@@H]2C[C@@H](S(=O)(=O)c3ccc(-n4ccnc4)cc3Cl)CN2C(=O)C2(c3ccc(Cl)cc3)CC2)CC1. The van der Waals surface area contributed by atoms with Crippen molar-refractivity contribution in [2.45, 2.75) is 59.2 Å². The Balaban J connectivity index is 1.32. The number of likely N-dealkylation sites (tertiary alicyclic amines) is 1. The Morgan fingerprint density at radius 3 is 2.38 bits per heavy atom. The molecule has 3 fully saturated rings. The molecule has 12 heteroatoms. The maximum Gasteiger partial charge on any atom is 0.244 e. The molecule has 2 heterocycles. The minimum atomic E-state index is -4.03. The number of sulfone groups is 1. The molecule has 3 aliphatic rings. The molecule has 0 bridgehead atoms. The van der Waals surface area contributed by atoms with Crippen LogP contribution in [0.4, 0.5) is 0 Å². The fourth-order valence-corrected chi connectivity index (χ4v) is 7.83.